The summed E-state index contributed by atoms with van der Waals surface area (Å²) in [6.07, 6.45) is 6.20. The minimum atomic E-state index is 0.209. The summed E-state index contributed by atoms with van der Waals surface area (Å²) in [6, 6.07) is 0. The predicted octanol–water partition coefficient (Wildman–Crippen LogP) is 2.59. The molecule has 0 N–H and O–H groups in total. The van der Waals surface area contributed by atoms with Crippen LogP contribution in [0.3, 0.4) is 0 Å². The van der Waals surface area contributed by atoms with E-state index in [1.807, 2.05) is 26.2 Å². The number of hydrogen-bond donors (Lipinski definition) is 0. The van der Waals surface area contributed by atoms with Crippen molar-refractivity contribution in [3.05, 3.63) is 24.0 Å². The summed E-state index contributed by atoms with van der Waals surface area (Å²) in [5.74, 6) is 0.977. The van der Waals surface area contributed by atoms with Gasteiger partial charge in [0.1, 0.15) is 5.82 Å². The Morgan fingerprint density at radius 1 is 1.07 bits per heavy atom. The van der Waals surface area contributed by atoms with Gasteiger partial charge in [0.2, 0.25) is 0 Å². The Balaban J connectivity index is 2.66. The van der Waals surface area contributed by atoms with Crippen LogP contribution in [0.4, 0.5) is 0 Å². The molecular weight excluding hydrogens is 176 g/mol. The van der Waals surface area contributed by atoms with Crippen LogP contribution in [-0.4, -0.2) is 24.1 Å². The van der Waals surface area contributed by atoms with Crippen molar-refractivity contribution in [2.45, 2.75) is 20.8 Å². The van der Waals surface area contributed by atoms with Gasteiger partial charge in [-0.1, -0.05) is 32.9 Å². The van der Waals surface area contributed by atoms with E-state index in [0.717, 1.165) is 5.82 Å². The van der Waals surface area contributed by atoms with Gasteiger partial charge in [-0.25, -0.2) is 10.0 Å². The Morgan fingerprint density at radius 3 is 2.00 bits per heavy atom. The van der Waals surface area contributed by atoms with Crippen molar-refractivity contribution in [3.63, 3.8) is 0 Å². The van der Waals surface area contributed by atoms with Crippen LogP contribution in [0.5, 0.6) is 0 Å². The molecule has 0 radical (unpaired) electrons. The molecule has 0 aromatic heterocycles. The first-order valence-corrected chi connectivity index (χ1v) is 4.69. The van der Waals surface area contributed by atoms with E-state index in [0.29, 0.717) is 0 Å². The molecule has 0 aromatic rings. The highest BCUT2D eigenvalue weighted by atomic mass is 15.8. The molecule has 0 saturated carbocycles. The summed E-state index contributed by atoms with van der Waals surface area (Å²) in [5, 5.41) is 11.3. The lowest BCUT2D eigenvalue weighted by atomic mass is 9.96. The van der Waals surface area contributed by atoms with Crippen LogP contribution in [0.2, 0.25) is 0 Å². The normalized spacial score (nSPS) is 17.4. The van der Waals surface area contributed by atoms with Crippen molar-refractivity contribution >= 4 is 0 Å². The van der Waals surface area contributed by atoms with Gasteiger partial charge in [-0.15, -0.1) is 0 Å². The molecule has 0 aromatic carbocycles. The summed E-state index contributed by atoms with van der Waals surface area (Å²) in [6.45, 7) is 6.50. The van der Waals surface area contributed by atoms with E-state index in [1.165, 1.54) is 0 Å². The zero-order valence-electron chi connectivity index (χ0n) is 9.52. The molecular formula is C10H18N4. The van der Waals surface area contributed by atoms with Crippen molar-refractivity contribution in [2.24, 2.45) is 15.9 Å². The average Bonchev–Trinajstić information content (AvgIpc) is 2.33. The van der Waals surface area contributed by atoms with Gasteiger partial charge in [0.15, 0.2) is 0 Å². The highest BCUT2D eigenvalue weighted by molar-refractivity contribution is 5.12. The molecule has 0 amide bonds. The van der Waals surface area contributed by atoms with Crippen LogP contribution in [0.25, 0.3) is 0 Å². The van der Waals surface area contributed by atoms with Crippen LogP contribution >= 0.6 is 0 Å². The average molecular weight is 194 g/mol. The minimum Gasteiger partial charge on any atom is -0.231 e. The van der Waals surface area contributed by atoms with Gasteiger partial charge >= 0.3 is 0 Å². The molecule has 14 heavy (non-hydrogen) atoms. The SMILES string of the molecule is CN1N=NN(C)C1=C/C=C/C(C)(C)C. The molecule has 0 aliphatic carbocycles. The second-order valence-electron chi connectivity index (χ2n) is 4.48. The highest BCUT2D eigenvalue weighted by Gasteiger charge is 2.14. The molecule has 0 bridgehead atoms. The molecule has 4 nitrogen and oxygen atoms in total. The fraction of sp³-hybridized carbons (Fsp3) is 0.600. The molecule has 1 rings (SSSR count). The highest BCUT2D eigenvalue weighted by Crippen LogP contribution is 2.18. The zero-order valence-corrected chi connectivity index (χ0v) is 9.52. The summed E-state index contributed by atoms with van der Waals surface area (Å²) >= 11 is 0. The quantitative estimate of drug-likeness (QED) is 0.642. The van der Waals surface area contributed by atoms with E-state index in [1.54, 1.807) is 10.0 Å². The summed E-state index contributed by atoms with van der Waals surface area (Å²) in [4.78, 5) is 0. The fourth-order valence-corrected chi connectivity index (χ4v) is 1.06. The lowest BCUT2D eigenvalue weighted by Crippen LogP contribution is -2.15. The second-order valence-corrected chi connectivity index (χ2v) is 4.48. The van der Waals surface area contributed by atoms with Crippen LogP contribution < -0.4 is 0 Å². The van der Waals surface area contributed by atoms with Crippen LogP contribution in [0, 0.1) is 5.41 Å². The Labute approximate surface area is 85.5 Å². The molecule has 4 heteroatoms. The number of allylic oxidation sites excluding steroid dienone is 3. The number of rotatable bonds is 1. The summed E-state index contributed by atoms with van der Waals surface area (Å²) < 4.78 is 0. The van der Waals surface area contributed by atoms with Gasteiger partial charge in [-0.3, -0.25) is 0 Å². The van der Waals surface area contributed by atoms with E-state index in [4.69, 9.17) is 0 Å². The van der Waals surface area contributed by atoms with E-state index < -0.39 is 0 Å². The minimum absolute atomic E-state index is 0.209. The Kier molecular flexibility index (Phi) is 2.93. The first-order valence-electron chi connectivity index (χ1n) is 4.69. The molecule has 0 fully saturated rings. The molecule has 0 atom stereocenters. The summed E-state index contributed by atoms with van der Waals surface area (Å²) in [5.41, 5.74) is 0.209. The van der Waals surface area contributed by atoms with Crippen LogP contribution in [0.1, 0.15) is 20.8 Å². The Bertz CT molecular complexity index is 269. The molecule has 0 saturated heterocycles. The van der Waals surface area contributed by atoms with E-state index >= 15 is 0 Å². The van der Waals surface area contributed by atoms with Crippen molar-refractivity contribution in [1.29, 1.82) is 0 Å². The van der Waals surface area contributed by atoms with E-state index in [-0.39, 0.29) is 5.41 Å². The zero-order chi connectivity index (χ0) is 10.8. The Hall–Kier alpha value is -1.32. The molecule has 1 heterocycles. The summed E-state index contributed by atoms with van der Waals surface area (Å²) in [7, 11) is 3.76. The first kappa shape index (κ1) is 10.8. The lowest BCUT2D eigenvalue weighted by Gasteiger charge is -2.13. The van der Waals surface area contributed by atoms with Crippen molar-refractivity contribution in [2.75, 3.05) is 14.1 Å². The third kappa shape index (κ3) is 2.87. The third-order valence-electron chi connectivity index (χ3n) is 1.81. The maximum atomic E-state index is 3.90. The molecule has 1 aliphatic heterocycles. The maximum absolute atomic E-state index is 3.90. The van der Waals surface area contributed by atoms with E-state index in [9.17, 15) is 0 Å². The first-order chi connectivity index (χ1) is 6.40. The molecule has 0 unspecified atom stereocenters. The van der Waals surface area contributed by atoms with Gasteiger partial charge < -0.3 is 0 Å². The number of hydrogen-bond acceptors (Lipinski definition) is 4. The van der Waals surface area contributed by atoms with Crippen molar-refractivity contribution in [1.82, 2.24) is 10.0 Å². The van der Waals surface area contributed by atoms with Crippen LogP contribution in [-0.2, 0) is 0 Å². The molecule has 1 aliphatic rings. The van der Waals surface area contributed by atoms with Crippen LogP contribution in [0.15, 0.2) is 34.5 Å². The van der Waals surface area contributed by atoms with Gasteiger partial charge in [0.05, 0.1) is 0 Å². The van der Waals surface area contributed by atoms with Gasteiger partial charge in [-0.2, -0.15) is 0 Å². The van der Waals surface area contributed by atoms with Gasteiger partial charge in [-0.05, 0) is 21.9 Å². The monoisotopic (exact) mass is 194 g/mol. The van der Waals surface area contributed by atoms with Gasteiger partial charge in [0.25, 0.3) is 0 Å². The number of nitrogens with zero attached hydrogens (tertiary/aromatic N) is 4. The maximum Gasteiger partial charge on any atom is 0.148 e. The largest absolute Gasteiger partial charge is 0.231 e. The van der Waals surface area contributed by atoms with Crippen molar-refractivity contribution in [3.8, 4) is 0 Å². The van der Waals surface area contributed by atoms with Crippen molar-refractivity contribution < 1.29 is 0 Å². The second kappa shape index (κ2) is 3.82. The van der Waals surface area contributed by atoms with Gasteiger partial charge in [0, 0.05) is 14.1 Å². The topological polar surface area (TPSA) is 31.2 Å². The Morgan fingerprint density at radius 2 is 1.57 bits per heavy atom. The smallest absolute Gasteiger partial charge is 0.148 e. The molecule has 78 valence electrons. The standard InChI is InChI=1S/C10H18N4/c1-10(2,3)8-6-7-9-13(4)11-12-14(9)5/h6-8H,1-5H3/b8-6+. The molecule has 0 spiro atoms. The lowest BCUT2D eigenvalue weighted by molar-refractivity contribution is 0.379. The predicted molar refractivity (Wildman–Crippen MR) is 57.1 cm³/mol. The van der Waals surface area contributed by atoms with E-state index in [2.05, 4.69) is 37.3 Å². The third-order valence-corrected chi connectivity index (χ3v) is 1.81. The fourth-order valence-electron chi connectivity index (χ4n) is 1.06.